The lowest BCUT2D eigenvalue weighted by Crippen LogP contribution is -2.29. The van der Waals surface area contributed by atoms with E-state index in [0.717, 1.165) is 34.9 Å². The third-order valence-corrected chi connectivity index (χ3v) is 4.73. The van der Waals surface area contributed by atoms with Gasteiger partial charge in [0, 0.05) is 31.1 Å². The first-order chi connectivity index (χ1) is 11.1. The molecule has 2 aromatic heterocycles. The van der Waals surface area contributed by atoms with Crippen LogP contribution in [-0.2, 0) is 0 Å². The zero-order valence-corrected chi connectivity index (χ0v) is 14.9. The van der Waals surface area contributed by atoms with Crippen molar-refractivity contribution in [2.45, 2.75) is 6.92 Å². The van der Waals surface area contributed by atoms with Gasteiger partial charge in [0.2, 0.25) is 0 Å². The van der Waals surface area contributed by atoms with Crippen LogP contribution in [0.5, 0.6) is 0 Å². The van der Waals surface area contributed by atoms with Gasteiger partial charge in [-0.15, -0.1) is 11.3 Å². The molecule has 3 rings (SSSR count). The van der Waals surface area contributed by atoms with E-state index in [9.17, 15) is 0 Å². The van der Waals surface area contributed by atoms with E-state index < -0.39 is 0 Å². The standard InChI is InChI=1S/C18H22N4S/c1-13-19-17(22(4)11-10-21(2)3)16-15(12-23-18(16)20-13)14-8-6-5-7-9-14/h5-9,12H,10-11H2,1-4H3. The quantitative estimate of drug-likeness (QED) is 0.716. The highest BCUT2D eigenvalue weighted by Gasteiger charge is 2.17. The van der Waals surface area contributed by atoms with Gasteiger partial charge < -0.3 is 9.80 Å². The molecule has 5 heteroatoms. The maximum absolute atomic E-state index is 4.74. The van der Waals surface area contributed by atoms with Gasteiger partial charge in [0.05, 0.1) is 5.39 Å². The molecule has 1 aromatic carbocycles. The summed E-state index contributed by atoms with van der Waals surface area (Å²) in [7, 11) is 6.29. The Morgan fingerprint density at radius 2 is 1.74 bits per heavy atom. The van der Waals surface area contributed by atoms with Crippen LogP contribution < -0.4 is 4.90 Å². The van der Waals surface area contributed by atoms with E-state index in [1.54, 1.807) is 11.3 Å². The van der Waals surface area contributed by atoms with Crippen LogP contribution in [0.3, 0.4) is 0 Å². The molecule has 0 amide bonds. The van der Waals surface area contributed by atoms with E-state index >= 15 is 0 Å². The number of fused-ring (bicyclic) bond motifs is 1. The molecule has 0 bridgehead atoms. The van der Waals surface area contributed by atoms with Gasteiger partial charge in [-0.2, -0.15) is 0 Å². The van der Waals surface area contributed by atoms with Gasteiger partial charge in [0.25, 0.3) is 0 Å². The Balaban J connectivity index is 2.11. The lowest BCUT2D eigenvalue weighted by atomic mass is 10.1. The molecular weight excluding hydrogens is 304 g/mol. The first-order valence-electron chi connectivity index (χ1n) is 7.73. The lowest BCUT2D eigenvalue weighted by molar-refractivity contribution is 0.416. The molecule has 0 fully saturated rings. The number of likely N-dealkylation sites (N-methyl/N-ethyl adjacent to an activating group) is 2. The monoisotopic (exact) mass is 326 g/mol. The Morgan fingerprint density at radius 3 is 2.43 bits per heavy atom. The Morgan fingerprint density at radius 1 is 1.00 bits per heavy atom. The van der Waals surface area contributed by atoms with Crippen molar-refractivity contribution in [1.82, 2.24) is 14.9 Å². The van der Waals surface area contributed by atoms with Gasteiger partial charge >= 0.3 is 0 Å². The maximum Gasteiger partial charge on any atom is 0.141 e. The molecule has 4 nitrogen and oxygen atoms in total. The van der Waals surface area contributed by atoms with Gasteiger partial charge in [-0.3, -0.25) is 0 Å². The van der Waals surface area contributed by atoms with Gasteiger partial charge in [0.15, 0.2) is 0 Å². The molecular formula is C18H22N4S. The Hall–Kier alpha value is -1.98. The van der Waals surface area contributed by atoms with Crippen LogP contribution in [0.1, 0.15) is 5.82 Å². The number of thiophene rings is 1. The minimum Gasteiger partial charge on any atom is -0.358 e. The van der Waals surface area contributed by atoms with Crippen molar-refractivity contribution in [3.8, 4) is 11.1 Å². The third kappa shape index (κ3) is 3.35. The molecule has 0 aliphatic heterocycles. The fraction of sp³-hybridized carbons (Fsp3) is 0.333. The van der Waals surface area contributed by atoms with Gasteiger partial charge in [-0.1, -0.05) is 30.3 Å². The molecule has 0 atom stereocenters. The van der Waals surface area contributed by atoms with E-state index in [4.69, 9.17) is 4.98 Å². The molecule has 120 valence electrons. The van der Waals surface area contributed by atoms with Crippen LogP contribution in [0.4, 0.5) is 5.82 Å². The average molecular weight is 326 g/mol. The third-order valence-electron chi connectivity index (χ3n) is 3.86. The summed E-state index contributed by atoms with van der Waals surface area (Å²) in [6, 6.07) is 10.5. The Labute approximate surface area is 141 Å². The molecule has 0 radical (unpaired) electrons. The Bertz CT molecular complexity index is 795. The van der Waals surface area contributed by atoms with Gasteiger partial charge in [-0.25, -0.2) is 9.97 Å². The predicted molar refractivity (Wildman–Crippen MR) is 99.4 cm³/mol. The van der Waals surface area contributed by atoms with Crippen LogP contribution in [0.15, 0.2) is 35.7 Å². The number of benzene rings is 1. The molecule has 0 aliphatic carbocycles. The van der Waals surface area contributed by atoms with E-state index in [-0.39, 0.29) is 0 Å². The van der Waals surface area contributed by atoms with Crippen LogP contribution in [0.25, 0.3) is 21.3 Å². The van der Waals surface area contributed by atoms with Crippen LogP contribution in [0, 0.1) is 6.92 Å². The number of aromatic nitrogens is 2. The van der Waals surface area contributed by atoms with Crippen molar-refractivity contribution in [2.75, 3.05) is 39.1 Å². The van der Waals surface area contributed by atoms with E-state index in [1.807, 2.05) is 13.0 Å². The van der Waals surface area contributed by atoms with Crippen molar-refractivity contribution in [3.05, 3.63) is 41.5 Å². The van der Waals surface area contributed by atoms with Crippen molar-refractivity contribution in [2.24, 2.45) is 0 Å². The van der Waals surface area contributed by atoms with Gasteiger partial charge in [-0.05, 0) is 26.6 Å². The van der Waals surface area contributed by atoms with Gasteiger partial charge in [0.1, 0.15) is 16.5 Å². The first-order valence-corrected chi connectivity index (χ1v) is 8.61. The summed E-state index contributed by atoms with van der Waals surface area (Å²) in [6.07, 6.45) is 0. The summed E-state index contributed by atoms with van der Waals surface area (Å²) < 4.78 is 0. The molecule has 0 saturated carbocycles. The zero-order valence-electron chi connectivity index (χ0n) is 14.1. The topological polar surface area (TPSA) is 32.3 Å². The van der Waals surface area contributed by atoms with Crippen LogP contribution in [-0.4, -0.2) is 49.1 Å². The number of hydrogen-bond donors (Lipinski definition) is 0. The van der Waals surface area contributed by atoms with E-state index in [1.165, 1.54) is 11.1 Å². The molecule has 2 heterocycles. The minimum atomic E-state index is 0.825. The number of anilines is 1. The van der Waals surface area contributed by atoms with Crippen molar-refractivity contribution < 1.29 is 0 Å². The largest absolute Gasteiger partial charge is 0.358 e. The first kappa shape index (κ1) is 15.9. The fourth-order valence-corrected chi connectivity index (χ4v) is 3.58. The number of rotatable bonds is 5. The summed E-state index contributed by atoms with van der Waals surface area (Å²) in [5.41, 5.74) is 2.44. The lowest BCUT2D eigenvalue weighted by Gasteiger charge is -2.22. The molecule has 0 saturated heterocycles. The highest BCUT2D eigenvalue weighted by Crippen LogP contribution is 2.37. The predicted octanol–water partition coefficient (Wildman–Crippen LogP) is 3.66. The minimum absolute atomic E-state index is 0.825. The fourth-order valence-electron chi connectivity index (χ4n) is 2.59. The summed E-state index contributed by atoms with van der Waals surface area (Å²) in [6.45, 7) is 3.89. The average Bonchev–Trinajstić information content (AvgIpc) is 2.96. The molecule has 23 heavy (non-hydrogen) atoms. The van der Waals surface area contributed by atoms with Crippen molar-refractivity contribution in [3.63, 3.8) is 0 Å². The number of hydrogen-bond acceptors (Lipinski definition) is 5. The summed E-state index contributed by atoms with van der Waals surface area (Å²) in [4.78, 5) is 14.8. The second-order valence-electron chi connectivity index (χ2n) is 6.01. The van der Waals surface area contributed by atoms with Crippen molar-refractivity contribution >= 4 is 27.4 Å². The molecule has 3 aromatic rings. The smallest absolute Gasteiger partial charge is 0.141 e. The highest BCUT2D eigenvalue weighted by molar-refractivity contribution is 7.17. The maximum atomic E-state index is 4.74. The van der Waals surface area contributed by atoms with Crippen LogP contribution in [0.2, 0.25) is 0 Å². The highest BCUT2D eigenvalue weighted by atomic mass is 32.1. The summed E-state index contributed by atoms with van der Waals surface area (Å²) in [5.74, 6) is 1.85. The zero-order chi connectivity index (χ0) is 16.4. The van der Waals surface area contributed by atoms with Crippen molar-refractivity contribution in [1.29, 1.82) is 0 Å². The second-order valence-corrected chi connectivity index (χ2v) is 6.87. The SMILES string of the molecule is Cc1nc(N(C)CCN(C)C)c2c(-c3ccccc3)csc2n1. The molecule has 0 unspecified atom stereocenters. The number of nitrogens with zero attached hydrogens (tertiary/aromatic N) is 4. The van der Waals surface area contributed by atoms with Crippen LogP contribution >= 0.6 is 11.3 Å². The van der Waals surface area contributed by atoms with E-state index in [2.05, 4.69) is 65.6 Å². The summed E-state index contributed by atoms with van der Waals surface area (Å²) in [5, 5.41) is 3.35. The molecule has 0 aliphatic rings. The molecule has 0 N–H and O–H groups in total. The summed E-state index contributed by atoms with van der Waals surface area (Å²) >= 11 is 1.69. The molecule has 0 spiro atoms. The number of aryl methyl sites for hydroxylation is 1. The normalized spacial score (nSPS) is 11.3. The Kier molecular flexibility index (Phi) is 4.59. The second kappa shape index (κ2) is 6.64. The van der Waals surface area contributed by atoms with E-state index in [0.29, 0.717) is 0 Å².